The highest BCUT2D eigenvalue weighted by atomic mass is 16.5. The van der Waals surface area contributed by atoms with Crippen LogP contribution in [0.3, 0.4) is 0 Å². The average molecular weight is 408 g/mol. The first-order valence-electron chi connectivity index (χ1n) is 10.2. The Morgan fingerprint density at radius 3 is 2.83 bits per heavy atom. The van der Waals surface area contributed by atoms with E-state index >= 15 is 0 Å². The normalized spacial score (nSPS) is 16.3. The van der Waals surface area contributed by atoms with Crippen LogP contribution in [0.2, 0.25) is 0 Å². The van der Waals surface area contributed by atoms with Crippen LogP contribution in [0.1, 0.15) is 59.1 Å². The van der Waals surface area contributed by atoms with Gasteiger partial charge in [0.1, 0.15) is 5.75 Å². The van der Waals surface area contributed by atoms with Crippen molar-refractivity contribution >= 4 is 35.0 Å². The van der Waals surface area contributed by atoms with Crippen molar-refractivity contribution in [3.8, 4) is 5.75 Å². The van der Waals surface area contributed by atoms with Gasteiger partial charge in [-0.25, -0.2) is 0 Å². The Hall–Kier alpha value is -3.35. The molecule has 1 aliphatic heterocycles. The van der Waals surface area contributed by atoms with Gasteiger partial charge in [-0.1, -0.05) is 0 Å². The van der Waals surface area contributed by atoms with Crippen molar-refractivity contribution in [2.45, 2.75) is 39.0 Å². The molecule has 2 aliphatic rings. The molecular weight excluding hydrogens is 384 g/mol. The van der Waals surface area contributed by atoms with Crippen LogP contribution in [-0.2, 0) is 27.2 Å². The highest BCUT2D eigenvalue weighted by molar-refractivity contribution is 6.35. The Kier molecular flexibility index (Phi) is 5.44. The quantitative estimate of drug-likeness (QED) is 0.563. The molecule has 0 saturated carbocycles. The van der Waals surface area contributed by atoms with Crippen molar-refractivity contribution in [2.75, 3.05) is 19.0 Å². The number of aromatic nitrogens is 1. The van der Waals surface area contributed by atoms with Gasteiger partial charge in [-0.15, -0.1) is 0 Å². The highest BCUT2D eigenvalue weighted by Crippen LogP contribution is 2.37. The number of fused-ring (bicyclic) bond motifs is 2. The molecule has 156 valence electrons. The SMILES string of the molecule is CCOC(=O)CCc1c(C=C2C(=O)Nc3ccc(OC)cc32)[nH]c2c1C(=O)CCC2. The van der Waals surface area contributed by atoms with Gasteiger partial charge in [0.05, 0.1) is 19.3 Å². The number of anilines is 1. The number of carbonyl (C=O) groups is 3. The molecule has 0 atom stereocenters. The number of esters is 1. The maximum atomic E-state index is 12.6. The van der Waals surface area contributed by atoms with Crippen molar-refractivity contribution < 1.29 is 23.9 Å². The highest BCUT2D eigenvalue weighted by Gasteiger charge is 2.29. The molecule has 0 saturated heterocycles. The largest absolute Gasteiger partial charge is 0.497 e. The lowest BCUT2D eigenvalue weighted by Gasteiger charge is -2.11. The van der Waals surface area contributed by atoms with E-state index in [1.165, 1.54) is 0 Å². The lowest BCUT2D eigenvalue weighted by molar-refractivity contribution is -0.143. The summed E-state index contributed by atoms with van der Waals surface area (Å²) in [6, 6.07) is 5.40. The maximum Gasteiger partial charge on any atom is 0.306 e. The number of nitrogens with one attached hydrogen (secondary N) is 2. The second-order valence-electron chi connectivity index (χ2n) is 7.38. The molecule has 2 N–H and O–H groups in total. The number of aromatic amines is 1. The summed E-state index contributed by atoms with van der Waals surface area (Å²) in [5.41, 5.74) is 4.97. The minimum Gasteiger partial charge on any atom is -0.497 e. The van der Waals surface area contributed by atoms with Crippen LogP contribution in [0, 0.1) is 0 Å². The van der Waals surface area contributed by atoms with Crippen LogP contribution in [0.4, 0.5) is 5.69 Å². The minimum absolute atomic E-state index is 0.0777. The summed E-state index contributed by atoms with van der Waals surface area (Å²) >= 11 is 0. The molecule has 0 unspecified atom stereocenters. The second kappa shape index (κ2) is 8.18. The van der Waals surface area contributed by atoms with E-state index in [4.69, 9.17) is 9.47 Å². The molecule has 4 rings (SSSR count). The molecule has 0 radical (unpaired) electrons. The molecular formula is C23H24N2O5. The molecule has 1 aliphatic carbocycles. The molecule has 1 aromatic carbocycles. The van der Waals surface area contributed by atoms with Crippen molar-refractivity contribution in [2.24, 2.45) is 0 Å². The van der Waals surface area contributed by atoms with Gasteiger partial charge in [-0.05, 0) is 56.0 Å². The van der Waals surface area contributed by atoms with E-state index in [1.807, 2.05) is 6.07 Å². The maximum absolute atomic E-state index is 12.6. The molecule has 0 bridgehead atoms. The molecule has 7 heteroatoms. The first kappa shape index (κ1) is 19.9. The van der Waals surface area contributed by atoms with Crippen molar-refractivity contribution in [1.82, 2.24) is 4.98 Å². The summed E-state index contributed by atoms with van der Waals surface area (Å²) < 4.78 is 10.3. The lowest BCUT2D eigenvalue weighted by Crippen LogP contribution is -2.12. The molecule has 1 aromatic heterocycles. The number of Topliss-reactive ketones (excluding diaryl/α,β-unsaturated/α-hetero) is 1. The van der Waals surface area contributed by atoms with Crippen molar-refractivity contribution in [3.05, 3.63) is 46.3 Å². The number of amides is 1. The third kappa shape index (κ3) is 3.63. The Morgan fingerprint density at radius 2 is 2.07 bits per heavy atom. The number of aryl methyl sites for hydroxylation is 1. The first-order chi connectivity index (χ1) is 14.5. The zero-order chi connectivity index (χ0) is 21.3. The smallest absolute Gasteiger partial charge is 0.306 e. The fraction of sp³-hybridized carbons (Fsp3) is 0.348. The number of benzene rings is 1. The number of hydrogen-bond acceptors (Lipinski definition) is 5. The predicted octanol–water partition coefficient (Wildman–Crippen LogP) is 3.53. The van der Waals surface area contributed by atoms with Crippen molar-refractivity contribution in [1.29, 1.82) is 0 Å². The molecule has 1 amide bonds. The zero-order valence-electron chi connectivity index (χ0n) is 17.1. The van der Waals surface area contributed by atoms with Gasteiger partial charge in [0.15, 0.2) is 5.78 Å². The zero-order valence-corrected chi connectivity index (χ0v) is 17.1. The number of methoxy groups -OCH3 is 1. The van der Waals surface area contributed by atoms with Gasteiger partial charge >= 0.3 is 5.97 Å². The predicted molar refractivity (Wildman–Crippen MR) is 113 cm³/mol. The van der Waals surface area contributed by atoms with Crippen molar-refractivity contribution in [3.63, 3.8) is 0 Å². The summed E-state index contributed by atoms with van der Waals surface area (Å²) in [6.45, 7) is 2.08. The first-order valence-corrected chi connectivity index (χ1v) is 10.2. The average Bonchev–Trinajstić information content (AvgIpc) is 3.24. The van der Waals surface area contributed by atoms with E-state index in [2.05, 4.69) is 10.3 Å². The number of hydrogen-bond donors (Lipinski definition) is 2. The lowest BCUT2D eigenvalue weighted by atomic mass is 9.91. The molecule has 30 heavy (non-hydrogen) atoms. The van der Waals surface area contributed by atoms with Gasteiger partial charge < -0.3 is 19.8 Å². The Balaban J connectivity index is 1.77. The number of H-pyrrole nitrogens is 1. The van der Waals surface area contributed by atoms with Gasteiger partial charge in [0, 0.05) is 41.0 Å². The number of carbonyl (C=O) groups excluding carboxylic acids is 3. The monoisotopic (exact) mass is 408 g/mol. The van der Waals surface area contributed by atoms with E-state index in [1.54, 1.807) is 32.2 Å². The van der Waals surface area contributed by atoms with Crippen LogP contribution in [-0.4, -0.2) is 36.4 Å². The topological polar surface area (TPSA) is 97.5 Å². The number of ether oxygens (including phenoxy) is 2. The fourth-order valence-corrected chi connectivity index (χ4v) is 4.12. The molecule has 0 spiro atoms. The summed E-state index contributed by atoms with van der Waals surface area (Å²) in [7, 11) is 1.58. The van der Waals surface area contributed by atoms with E-state index < -0.39 is 0 Å². The summed E-state index contributed by atoms with van der Waals surface area (Å²) in [4.78, 5) is 40.5. The molecule has 2 aromatic rings. The standard InChI is InChI=1S/C23H24N2O5/c1-3-30-21(27)10-8-14-19(24-18-5-4-6-20(26)22(14)18)12-16-15-11-13(29-2)7-9-17(15)25-23(16)28/h7,9,11-12,24H,3-6,8,10H2,1-2H3,(H,25,28). The Morgan fingerprint density at radius 1 is 1.23 bits per heavy atom. The summed E-state index contributed by atoms with van der Waals surface area (Å²) in [5, 5.41) is 2.86. The Labute approximate surface area is 174 Å². The number of rotatable bonds is 6. The van der Waals surface area contributed by atoms with Gasteiger partial charge in [-0.2, -0.15) is 0 Å². The van der Waals surface area contributed by atoms with Crippen LogP contribution < -0.4 is 10.1 Å². The van der Waals surface area contributed by atoms with Gasteiger partial charge in [0.25, 0.3) is 5.91 Å². The third-order valence-electron chi connectivity index (χ3n) is 5.51. The summed E-state index contributed by atoms with van der Waals surface area (Å²) in [6.07, 6.45) is 4.38. The molecule has 2 heterocycles. The van der Waals surface area contributed by atoms with E-state index in [9.17, 15) is 14.4 Å². The van der Waals surface area contributed by atoms with E-state index in [-0.39, 0.29) is 24.1 Å². The molecule has 7 nitrogen and oxygen atoms in total. The minimum atomic E-state index is -0.303. The van der Waals surface area contributed by atoms with Crippen LogP contribution in [0.5, 0.6) is 5.75 Å². The van der Waals surface area contributed by atoms with Gasteiger partial charge in [-0.3, -0.25) is 14.4 Å². The van der Waals surface area contributed by atoms with Crippen LogP contribution in [0.25, 0.3) is 11.6 Å². The van der Waals surface area contributed by atoms with Crippen LogP contribution in [0.15, 0.2) is 18.2 Å². The van der Waals surface area contributed by atoms with E-state index in [0.717, 1.165) is 29.7 Å². The van der Waals surface area contributed by atoms with Crippen LogP contribution >= 0.6 is 0 Å². The third-order valence-corrected chi connectivity index (χ3v) is 5.51. The fourth-order valence-electron chi connectivity index (χ4n) is 4.12. The summed E-state index contributed by atoms with van der Waals surface area (Å²) in [5.74, 6) is 0.213. The van der Waals surface area contributed by atoms with E-state index in [0.29, 0.717) is 47.7 Å². The Bertz CT molecular complexity index is 1060. The second-order valence-corrected chi connectivity index (χ2v) is 7.38. The molecule has 0 fully saturated rings. The number of ketones is 1. The van der Waals surface area contributed by atoms with Gasteiger partial charge in [0.2, 0.25) is 0 Å².